The van der Waals surface area contributed by atoms with Crippen LogP contribution in [0.1, 0.15) is 27.2 Å². The molecule has 0 fully saturated rings. The molecule has 0 unspecified atom stereocenters. The Kier molecular flexibility index (Phi) is 5.72. The van der Waals surface area contributed by atoms with Gasteiger partial charge >= 0.3 is 0 Å². The van der Waals surface area contributed by atoms with Crippen LogP contribution >= 0.6 is 0 Å². The third kappa shape index (κ3) is 8.01. The fourth-order valence-electron chi connectivity index (χ4n) is 1.02. The second-order valence-electron chi connectivity index (χ2n) is 4.41. The molecule has 0 rings (SSSR count). The molecular formula is C10H23N3O. The summed E-state index contributed by atoms with van der Waals surface area (Å²) in [6, 6.07) is 0. The maximum absolute atomic E-state index is 11.3. The summed E-state index contributed by atoms with van der Waals surface area (Å²) in [5, 5.41) is 2.84. The summed E-state index contributed by atoms with van der Waals surface area (Å²) in [5.74, 6) is 0.0296. The Balaban J connectivity index is 3.55. The lowest BCUT2D eigenvalue weighted by molar-refractivity contribution is -0.122. The van der Waals surface area contributed by atoms with Crippen molar-refractivity contribution in [2.24, 2.45) is 5.73 Å². The maximum Gasteiger partial charge on any atom is 0.221 e. The van der Waals surface area contributed by atoms with Gasteiger partial charge in [-0.05, 0) is 27.4 Å². The molecule has 0 spiro atoms. The van der Waals surface area contributed by atoms with Crippen molar-refractivity contribution in [2.45, 2.75) is 32.7 Å². The molecule has 0 atom stereocenters. The summed E-state index contributed by atoms with van der Waals surface area (Å²) in [6.07, 6.45) is 0.378. The maximum atomic E-state index is 11.3. The summed E-state index contributed by atoms with van der Waals surface area (Å²) in [4.78, 5) is 13.5. The fourth-order valence-corrected chi connectivity index (χ4v) is 1.02. The van der Waals surface area contributed by atoms with E-state index in [9.17, 15) is 4.79 Å². The van der Waals surface area contributed by atoms with Crippen LogP contribution in [0.25, 0.3) is 0 Å². The SMILES string of the molecule is CCN(C)CCNC(=O)CC(C)(C)N. The predicted octanol–water partition coefficient (Wildman–Crippen LogP) is 0.182. The minimum absolute atomic E-state index is 0.0296. The number of nitrogens with zero attached hydrogens (tertiary/aromatic N) is 1. The number of hydrogen-bond acceptors (Lipinski definition) is 3. The first-order chi connectivity index (χ1) is 6.35. The number of nitrogens with one attached hydrogen (secondary N) is 1. The number of carbonyl (C=O) groups is 1. The van der Waals surface area contributed by atoms with E-state index in [0.717, 1.165) is 13.1 Å². The molecule has 0 radical (unpaired) electrons. The van der Waals surface area contributed by atoms with Gasteiger partial charge in [0.1, 0.15) is 0 Å². The van der Waals surface area contributed by atoms with Crippen LogP contribution in [0.3, 0.4) is 0 Å². The van der Waals surface area contributed by atoms with Crippen molar-refractivity contribution in [3.63, 3.8) is 0 Å². The third-order valence-electron chi connectivity index (χ3n) is 1.97. The molecule has 0 aliphatic carbocycles. The zero-order chi connectivity index (χ0) is 11.2. The molecule has 0 aromatic carbocycles. The average molecular weight is 201 g/mol. The first-order valence-corrected chi connectivity index (χ1v) is 5.09. The summed E-state index contributed by atoms with van der Waals surface area (Å²) >= 11 is 0. The summed E-state index contributed by atoms with van der Waals surface area (Å²) in [6.45, 7) is 8.37. The van der Waals surface area contributed by atoms with Crippen LogP contribution < -0.4 is 11.1 Å². The Hall–Kier alpha value is -0.610. The minimum atomic E-state index is -0.416. The van der Waals surface area contributed by atoms with Crippen LogP contribution in [0.5, 0.6) is 0 Å². The number of carbonyl (C=O) groups excluding carboxylic acids is 1. The smallest absolute Gasteiger partial charge is 0.221 e. The minimum Gasteiger partial charge on any atom is -0.355 e. The summed E-state index contributed by atoms with van der Waals surface area (Å²) < 4.78 is 0. The zero-order valence-corrected chi connectivity index (χ0v) is 9.76. The molecule has 0 saturated heterocycles. The quantitative estimate of drug-likeness (QED) is 0.644. The Morgan fingerprint density at radius 1 is 1.50 bits per heavy atom. The second kappa shape index (κ2) is 5.98. The Morgan fingerprint density at radius 3 is 2.50 bits per heavy atom. The Morgan fingerprint density at radius 2 is 2.07 bits per heavy atom. The van der Waals surface area contributed by atoms with E-state index in [0.29, 0.717) is 13.0 Å². The zero-order valence-electron chi connectivity index (χ0n) is 9.76. The van der Waals surface area contributed by atoms with Crippen LogP contribution in [0.2, 0.25) is 0 Å². The van der Waals surface area contributed by atoms with E-state index in [1.807, 2.05) is 20.9 Å². The average Bonchev–Trinajstić information content (AvgIpc) is 2.00. The van der Waals surface area contributed by atoms with E-state index < -0.39 is 5.54 Å². The molecule has 0 saturated carbocycles. The highest BCUT2D eigenvalue weighted by atomic mass is 16.1. The molecule has 0 aliphatic rings. The molecule has 1 amide bonds. The van der Waals surface area contributed by atoms with Gasteiger partial charge in [0.15, 0.2) is 0 Å². The van der Waals surface area contributed by atoms with Crippen molar-refractivity contribution >= 4 is 5.91 Å². The van der Waals surface area contributed by atoms with Crippen molar-refractivity contribution in [1.82, 2.24) is 10.2 Å². The Labute approximate surface area is 86.8 Å². The Bertz CT molecular complexity index is 175. The number of rotatable bonds is 6. The lowest BCUT2D eigenvalue weighted by Crippen LogP contribution is -2.40. The first-order valence-electron chi connectivity index (χ1n) is 5.09. The van der Waals surface area contributed by atoms with Gasteiger partial charge in [-0.15, -0.1) is 0 Å². The highest BCUT2D eigenvalue weighted by molar-refractivity contribution is 5.77. The van der Waals surface area contributed by atoms with E-state index in [1.54, 1.807) is 0 Å². The van der Waals surface area contributed by atoms with Gasteiger partial charge in [0.2, 0.25) is 5.91 Å². The van der Waals surface area contributed by atoms with Crippen LogP contribution in [-0.2, 0) is 4.79 Å². The van der Waals surface area contributed by atoms with Gasteiger partial charge in [-0.1, -0.05) is 6.92 Å². The molecule has 14 heavy (non-hydrogen) atoms. The molecule has 84 valence electrons. The number of hydrogen-bond donors (Lipinski definition) is 2. The van der Waals surface area contributed by atoms with Crippen LogP contribution in [0.4, 0.5) is 0 Å². The second-order valence-corrected chi connectivity index (χ2v) is 4.41. The fraction of sp³-hybridized carbons (Fsp3) is 0.900. The molecule has 3 N–H and O–H groups in total. The monoisotopic (exact) mass is 201 g/mol. The summed E-state index contributed by atoms with van der Waals surface area (Å²) in [7, 11) is 2.03. The normalized spacial score (nSPS) is 11.9. The topological polar surface area (TPSA) is 58.4 Å². The highest BCUT2D eigenvalue weighted by Crippen LogP contribution is 2.01. The van der Waals surface area contributed by atoms with E-state index in [1.165, 1.54) is 0 Å². The van der Waals surface area contributed by atoms with Gasteiger partial charge in [-0.2, -0.15) is 0 Å². The predicted molar refractivity (Wildman–Crippen MR) is 59.1 cm³/mol. The lowest BCUT2D eigenvalue weighted by Gasteiger charge is -2.18. The number of amides is 1. The number of likely N-dealkylation sites (N-methyl/N-ethyl adjacent to an activating group) is 1. The molecule has 4 heteroatoms. The van der Waals surface area contributed by atoms with Crippen LogP contribution in [0.15, 0.2) is 0 Å². The van der Waals surface area contributed by atoms with Crippen molar-refractivity contribution in [2.75, 3.05) is 26.7 Å². The van der Waals surface area contributed by atoms with Crippen LogP contribution in [-0.4, -0.2) is 43.0 Å². The molecule has 4 nitrogen and oxygen atoms in total. The van der Waals surface area contributed by atoms with E-state index in [-0.39, 0.29) is 5.91 Å². The van der Waals surface area contributed by atoms with E-state index in [2.05, 4.69) is 17.1 Å². The highest BCUT2D eigenvalue weighted by Gasteiger charge is 2.15. The molecule has 0 heterocycles. The molecular weight excluding hydrogens is 178 g/mol. The van der Waals surface area contributed by atoms with Gasteiger partial charge in [0.05, 0.1) is 0 Å². The van der Waals surface area contributed by atoms with Gasteiger partial charge < -0.3 is 16.0 Å². The number of nitrogens with two attached hydrogens (primary N) is 1. The largest absolute Gasteiger partial charge is 0.355 e. The van der Waals surface area contributed by atoms with Crippen molar-refractivity contribution in [1.29, 1.82) is 0 Å². The van der Waals surface area contributed by atoms with Gasteiger partial charge in [-0.3, -0.25) is 4.79 Å². The molecule has 0 bridgehead atoms. The molecule has 0 aliphatic heterocycles. The third-order valence-corrected chi connectivity index (χ3v) is 1.97. The first kappa shape index (κ1) is 13.4. The van der Waals surface area contributed by atoms with Crippen molar-refractivity contribution in [3.8, 4) is 0 Å². The summed E-state index contributed by atoms with van der Waals surface area (Å²) in [5.41, 5.74) is 5.31. The van der Waals surface area contributed by atoms with Gasteiger partial charge in [0, 0.05) is 25.0 Å². The standard InChI is InChI=1S/C10H23N3O/c1-5-13(4)7-6-12-9(14)8-10(2,3)11/h5-8,11H2,1-4H3,(H,12,14). The van der Waals surface area contributed by atoms with Gasteiger partial charge in [-0.25, -0.2) is 0 Å². The molecule has 0 aromatic heterocycles. The van der Waals surface area contributed by atoms with E-state index in [4.69, 9.17) is 5.73 Å². The lowest BCUT2D eigenvalue weighted by atomic mass is 10.0. The van der Waals surface area contributed by atoms with Gasteiger partial charge in [0.25, 0.3) is 0 Å². The van der Waals surface area contributed by atoms with E-state index >= 15 is 0 Å². The van der Waals surface area contributed by atoms with Crippen LogP contribution in [0, 0.1) is 0 Å². The molecule has 0 aromatic rings. The van der Waals surface area contributed by atoms with Crippen molar-refractivity contribution < 1.29 is 4.79 Å². The van der Waals surface area contributed by atoms with Crippen molar-refractivity contribution in [3.05, 3.63) is 0 Å².